The van der Waals surface area contributed by atoms with Gasteiger partial charge in [0.1, 0.15) is 6.54 Å². The van der Waals surface area contributed by atoms with Crippen LogP contribution >= 0.6 is 0 Å². The summed E-state index contributed by atoms with van der Waals surface area (Å²) < 4.78 is 38.7. The largest absolute Gasteiger partial charge is 0.416 e. The molecule has 2 heterocycles. The molecule has 0 radical (unpaired) electrons. The van der Waals surface area contributed by atoms with E-state index in [0.717, 1.165) is 35.7 Å². The second kappa shape index (κ2) is 8.13. The lowest BCUT2D eigenvalue weighted by atomic mass is 10.1. The predicted molar refractivity (Wildman–Crippen MR) is 103 cm³/mol. The van der Waals surface area contributed by atoms with E-state index in [1.165, 1.54) is 12.1 Å². The fraction of sp³-hybridized carbons (Fsp3) is 0.300. The van der Waals surface area contributed by atoms with Crippen LogP contribution in [0.5, 0.6) is 0 Å². The molecule has 7 nitrogen and oxygen atoms in total. The van der Waals surface area contributed by atoms with E-state index in [-0.39, 0.29) is 23.8 Å². The van der Waals surface area contributed by atoms with E-state index in [1.807, 2.05) is 30.3 Å². The van der Waals surface area contributed by atoms with Crippen LogP contribution in [-0.4, -0.2) is 57.2 Å². The number of anilines is 1. The second-order valence-corrected chi connectivity index (χ2v) is 6.93. The summed E-state index contributed by atoms with van der Waals surface area (Å²) in [4.78, 5) is 17.6. The van der Waals surface area contributed by atoms with Gasteiger partial charge >= 0.3 is 6.18 Å². The zero-order valence-corrected chi connectivity index (χ0v) is 16.0. The Morgan fingerprint density at radius 2 is 1.70 bits per heavy atom. The third-order valence-corrected chi connectivity index (χ3v) is 4.93. The van der Waals surface area contributed by atoms with Crippen molar-refractivity contribution in [2.45, 2.75) is 12.7 Å². The third kappa shape index (κ3) is 4.42. The zero-order valence-electron chi connectivity index (χ0n) is 16.0. The van der Waals surface area contributed by atoms with Crippen LogP contribution in [0.4, 0.5) is 18.9 Å². The average Bonchev–Trinajstić information content (AvgIpc) is 3.22. The van der Waals surface area contributed by atoms with Gasteiger partial charge in [0.2, 0.25) is 11.7 Å². The van der Waals surface area contributed by atoms with E-state index in [4.69, 9.17) is 0 Å². The van der Waals surface area contributed by atoms with Gasteiger partial charge in [-0.15, -0.1) is 10.2 Å². The molecule has 156 valence electrons. The van der Waals surface area contributed by atoms with Crippen LogP contribution in [0.15, 0.2) is 54.6 Å². The highest BCUT2D eigenvalue weighted by atomic mass is 19.4. The lowest BCUT2D eigenvalue weighted by Crippen LogP contribution is -2.49. The fourth-order valence-electron chi connectivity index (χ4n) is 3.33. The summed E-state index contributed by atoms with van der Waals surface area (Å²) >= 11 is 0. The topological polar surface area (TPSA) is 67.2 Å². The number of piperazine rings is 1. The number of hydrogen-bond donors (Lipinski definition) is 0. The van der Waals surface area contributed by atoms with Crippen LogP contribution in [0.1, 0.15) is 5.56 Å². The summed E-state index contributed by atoms with van der Waals surface area (Å²) in [7, 11) is 0. The SMILES string of the molecule is O=C(Cn1nnc(-c2cccc(C(F)(F)F)c2)n1)N1CCN(c2ccccc2)CC1. The second-order valence-electron chi connectivity index (χ2n) is 6.93. The van der Waals surface area contributed by atoms with Gasteiger partial charge in [-0.1, -0.05) is 30.3 Å². The summed E-state index contributed by atoms with van der Waals surface area (Å²) in [5.41, 5.74) is 0.525. The first kappa shape index (κ1) is 19.9. The molecule has 1 aromatic heterocycles. The van der Waals surface area contributed by atoms with Gasteiger partial charge in [0.05, 0.1) is 5.56 Å². The Hall–Kier alpha value is -3.43. The van der Waals surface area contributed by atoms with Gasteiger partial charge in [0.25, 0.3) is 0 Å². The van der Waals surface area contributed by atoms with Crippen LogP contribution in [0.25, 0.3) is 11.4 Å². The molecule has 30 heavy (non-hydrogen) atoms. The van der Waals surface area contributed by atoms with Crippen molar-refractivity contribution in [3.05, 3.63) is 60.2 Å². The Morgan fingerprint density at radius 1 is 0.967 bits per heavy atom. The molecule has 10 heteroatoms. The minimum Gasteiger partial charge on any atom is -0.368 e. The van der Waals surface area contributed by atoms with Crippen molar-refractivity contribution in [2.75, 3.05) is 31.1 Å². The highest BCUT2D eigenvalue weighted by molar-refractivity contribution is 5.76. The molecule has 0 spiro atoms. The number of amides is 1. The van der Waals surface area contributed by atoms with Crippen molar-refractivity contribution in [3.63, 3.8) is 0 Å². The maximum atomic E-state index is 12.9. The van der Waals surface area contributed by atoms with Crippen LogP contribution in [0, 0.1) is 0 Å². The first-order chi connectivity index (χ1) is 14.4. The highest BCUT2D eigenvalue weighted by Gasteiger charge is 2.31. The normalized spacial score (nSPS) is 14.8. The van der Waals surface area contributed by atoms with E-state index in [1.54, 1.807) is 4.90 Å². The van der Waals surface area contributed by atoms with E-state index >= 15 is 0 Å². The summed E-state index contributed by atoms with van der Waals surface area (Å²) in [5, 5.41) is 11.7. The molecular formula is C20H19F3N6O. The van der Waals surface area contributed by atoms with Gasteiger partial charge in [0.15, 0.2) is 0 Å². The van der Waals surface area contributed by atoms with Crippen molar-refractivity contribution in [1.82, 2.24) is 25.1 Å². The highest BCUT2D eigenvalue weighted by Crippen LogP contribution is 2.31. The molecule has 0 unspecified atom stereocenters. The molecule has 0 bridgehead atoms. The molecule has 1 aliphatic rings. The summed E-state index contributed by atoms with van der Waals surface area (Å²) in [5.74, 6) is -0.112. The Morgan fingerprint density at radius 3 is 2.40 bits per heavy atom. The molecule has 1 amide bonds. The Kier molecular flexibility index (Phi) is 5.39. The Bertz CT molecular complexity index is 1010. The zero-order chi connectivity index (χ0) is 21.1. The number of nitrogens with zero attached hydrogens (tertiary/aromatic N) is 6. The van der Waals surface area contributed by atoms with Crippen LogP contribution in [0.3, 0.4) is 0 Å². The van der Waals surface area contributed by atoms with Crippen LogP contribution < -0.4 is 4.90 Å². The van der Waals surface area contributed by atoms with Gasteiger partial charge in [-0.05, 0) is 29.5 Å². The summed E-state index contributed by atoms with van der Waals surface area (Å²) in [6, 6.07) is 14.7. The van der Waals surface area contributed by atoms with Crippen LogP contribution in [0.2, 0.25) is 0 Å². The lowest BCUT2D eigenvalue weighted by molar-refractivity contribution is -0.137. The van der Waals surface area contributed by atoms with Crippen molar-refractivity contribution in [1.29, 1.82) is 0 Å². The Labute approximate surface area is 170 Å². The molecule has 1 saturated heterocycles. The standard InChI is InChI=1S/C20H19F3N6O/c21-20(22,23)16-6-4-5-15(13-16)19-24-26-29(25-19)14-18(30)28-11-9-27(10-12-28)17-7-2-1-3-8-17/h1-8,13H,9-12,14H2. The number of alkyl halides is 3. The smallest absolute Gasteiger partial charge is 0.368 e. The van der Waals surface area contributed by atoms with Gasteiger partial charge in [-0.2, -0.15) is 18.0 Å². The average molecular weight is 416 g/mol. The molecule has 1 aliphatic heterocycles. The van der Waals surface area contributed by atoms with E-state index in [2.05, 4.69) is 20.3 Å². The number of tetrazole rings is 1. The number of hydrogen-bond acceptors (Lipinski definition) is 5. The lowest BCUT2D eigenvalue weighted by Gasteiger charge is -2.36. The van der Waals surface area contributed by atoms with Crippen molar-refractivity contribution < 1.29 is 18.0 Å². The number of halogens is 3. The number of carbonyl (C=O) groups is 1. The predicted octanol–water partition coefficient (Wildman–Crippen LogP) is 2.71. The molecule has 0 N–H and O–H groups in total. The Balaban J connectivity index is 1.37. The number of benzene rings is 2. The molecule has 0 aliphatic carbocycles. The maximum Gasteiger partial charge on any atom is 0.416 e. The minimum absolute atomic E-state index is 0.0443. The molecular weight excluding hydrogens is 397 g/mol. The summed E-state index contributed by atoms with van der Waals surface area (Å²) in [6.45, 7) is 2.47. The molecule has 1 fully saturated rings. The van der Waals surface area contributed by atoms with E-state index in [0.29, 0.717) is 13.1 Å². The minimum atomic E-state index is -4.45. The van der Waals surface area contributed by atoms with Gasteiger partial charge in [-0.3, -0.25) is 4.79 Å². The molecule has 3 aromatic rings. The van der Waals surface area contributed by atoms with E-state index < -0.39 is 11.7 Å². The number of aromatic nitrogens is 4. The van der Waals surface area contributed by atoms with Gasteiger partial charge in [-0.25, -0.2) is 0 Å². The van der Waals surface area contributed by atoms with Gasteiger partial charge < -0.3 is 9.80 Å². The molecule has 0 atom stereocenters. The summed E-state index contributed by atoms with van der Waals surface area (Å²) in [6.07, 6.45) is -4.45. The van der Waals surface area contributed by atoms with Crippen molar-refractivity contribution in [2.24, 2.45) is 0 Å². The fourth-order valence-corrected chi connectivity index (χ4v) is 3.33. The van der Waals surface area contributed by atoms with Gasteiger partial charge in [0, 0.05) is 37.4 Å². The van der Waals surface area contributed by atoms with Crippen LogP contribution in [-0.2, 0) is 17.5 Å². The number of para-hydroxylation sites is 1. The van der Waals surface area contributed by atoms with Crippen molar-refractivity contribution >= 4 is 11.6 Å². The van der Waals surface area contributed by atoms with Crippen molar-refractivity contribution in [3.8, 4) is 11.4 Å². The third-order valence-electron chi connectivity index (χ3n) is 4.93. The quantitative estimate of drug-likeness (QED) is 0.654. The maximum absolute atomic E-state index is 12.9. The molecule has 4 rings (SSSR count). The molecule has 2 aromatic carbocycles. The molecule has 0 saturated carbocycles. The number of rotatable bonds is 4. The first-order valence-corrected chi connectivity index (χ1v) is 9.43. The monoisotopic (exact) mass is 416 g/mol. The van der Waals surface area contributed by atoms with E-state index in [9.17, 15) is 18.0 Å². The first-order valence-electron chi connectivity index (χ1n) is 9.43. The number of carbonyl (C=O) groups excluding carboxylic acids is 1.